The second-order valence-corrected chi connectivity index (χ2v) is 8.22. The molecule has 0 aromatic rings. The molecule has 1 N–H and O–H groups in total. The van der Waals surface area contributed by atoms with Crippen LogP contribution in [0, 0.1) is 5.92 Å². The van der Waals surface area contributed by atoms with Crippen LogP contribution in [0.2, 0.25) is 0 Å². The van der Waals surface area contributed by atoms with E-state index in [-0.39, 0.29) is 0 Å². The molecule has 0 aliphatic heterocycles. The average Bonchev–Trinajstić information content (AvgIpc) is 2.91. The van der Waals surface area contributed by atoms with Crippen molar-refractivity contribution in [3.63, 3.8) is 0 Å². The first-order chi connectivity index (χ1) is 9.31. The summed E-state index contributed by atoms with van der Waals surface area (Å²) in [6, 6.07) is 0.711. The molecule has 2 nitrogen and oxygen atoms in total. The normalized spacial score (nSPS) is 30.6. The Bertz CT molecular complexity index is 276. The van der Waals surface area contributed by atoms with E-state index >= 15 is 0 Å². The highest BCUT2D eigenvalue weighted by Gasteiger charge is 2.28. The Morgan fingerprint density at radius 2 is 1.84 bits per heavy atom. The number of rotatable bonds is 7. The quantitative estimate of drug-likeness (QED) is 0.774. The van der Waals surface area contributed by atoms with Crippen LogP contribution in [0.3, 0.4) is 0 Å². The van der Waals surface area contributed by atoms with Crippen LogP contribution in [0.4, 0.5) is 0 Å². The molecule has 0 aromatic heterocycles. The van der Waals surface area contributed by atoms with Gasteiger partial charge in [-0.3, -0.25) is 4.21 Å². The lowest BCUT2D eigenvalue weighted by molar-refractivity contribution is 0.392. The summed E-state index contributed by atoms with van der Waals surface area (Å²) in [5.41, 5.74) is 0. The molecule has 0 heterocycles. The largest absolute Gasteiger partial charge is 0.314 e. The van der Waals surface area contributed by atoms with Crippen molar-refractivity contribution in [2.75, 3.05) is 12.3 Å². The van der Waals surface area contributed by atoms with Gasteiger partial charge in [0.25, 0.3) is 0 Å². The van der Waals surface area contributed by atoms with Gasteiger partial charge >= 0.3 is 0 Å². The fourth-order valence-corrected chi connectivity index (χ4v) is 5.47. The van der Waals surface area contributed by atoms with Crippen molar-refractivity contribution in [2.45, 2.75) is 82.4 Å². The summed E-state index contributed by atoms with van der Waals surface area (Å²) >= 11 is 0. The molecular formula is C16H31NOS. The maximum Gasteiger partial charge on any atom is 0.0348 e. The first-order valence-corrected chi connectivity index (χ1v) is 9.80. The minimum atomic E-state index is -0.551. The summed E-state index contributed by atoms with van der Waals surface area (Å²) in [7, 11) is -0.551. The third-order valence-corrected chi connectivity index (χ3v) is 6.78. The fraction of sp³-hybridized carbons (Fsp3) is 1.00. The SMILES string of the molecule is CCCNC1CCCC1CCS(=O)C1CCCCC1. The molecular weight excluding hydrogens is 254 g/mol. The molecule has 2 aliphatic rings. The summed E-state index contributed by atoms with van der Waals surface area (Å²) < 4.78 is 12.4. The highest BCUT2D eigenvalue weighted by Crippen LogP contribution is 2.30. The second kappa shape index (κ2) is 8.41. The van der Waals surface area contributed by atoms with E-state index in [1.54, 1.807) is 0 Å². The highest BCUT2D eigenvalue weighted by atomic mass is 32.2. The van der Waals surface area contributed by atoms with Crippen LogP contribution in [-0.2, 0) is 10.8 Å². The van der Waals surface area contributed by atoms with Crippen LogP contribution < -0.4 is 5.32 Å². The Labute approximate surface area is 121 Å². The molecule has 0 radical (unpaired) electrons. The molecule has 2 fully saturated rings. The smallest absolute Gasteiger partial charge is 0.0348 e. The highest BCUT2D eigenvalue weighted by molar-refractivity contribution is 7.85. The molecule has 19 heavy (non-hydrogen) atoms. The van der Waals surface area contributed by atoms with Gasteiger partial charge in [0, 0.05) is 27.8 Å². The summed E-state index contributed by atoms with van der Waals surface area (Å²) in [6.07, 6.45) is 12.9. The molecule has 112 valence electrons. The van der Waals surface area contributed by atoms with E-state index in [9.17, 15) is 4.21 Å². The molecule has 2 rings (SSSR count). The first kappa shape index (κ1) is 15.5. The molecule has 0 spiro atoms. The van der Waals surface area contributed by atoms with E-state index in [1.807, 2.05) is 0 Å². The van der Waals surface area contributed by atoms with E-state index in [1.165, 1.54) is 64.2 Å². The van der Waals surface area contributed by atoms with Crippen molar-refractivity contribution in [2.24, 2.45) is 5.92 Å². The standard InChI is InChI=1S/C16H31NOS/c1-2-12-17-16-10-6-7-14(16)11-13-19(18)15-8-4-3-5-9-15/h14-17H,2-13H2,1H3. The number of nitrogens with one attached hydrogen (secondary N) is 1. The minimum absolute atomic E-state index is 0.525. The predicted octanol–water partition coefficient (Wildman–Crippen LogP) is 3.63. The number of hydrogen-bond donors (Lipinski definition) is 1. The van der Waals surface area contributed by atoms with Crippen molar-refractivity contribution in [3.8, 4) is 0 Å². The lowest BCUT2D eigenvalue weighted by atomic mass is 10.0. The zero-order valence-electron chi connectivity index (χ0n) is 12.5. The van der Waals surface area contributed by atoms with Gasteiger partial charge < -0.3 is 5.32 Å². The first-order valence-electron chi connectivity index (χ1n) is 8.41. The lowest BCUT2D eigenvalue weighted by Gasteiger charge is -2.24. The topological polar surface area (TPSA) is 29.1 Å². The molecule has 2 saturated carbocycles. The summed E-state index contributed by atoms with van der Waals surface area (Å²) in [4.78, 5) is 0. The van der Waals surface area contributed by atoms with E-state index in [4.69, 9.17) is 0 Å². The fourth-order valence-electron chi connectivity index (χ4n) is 3.74. The van der Waals surface area contributed by atoms with Crippen LogP contribution in [0.5, 0.6) is 0 Å². The maximum absolute atomic E-state index is 12.4. The maximum atomic E-state index is 12.4. The zero-order valence-corrected chi connectivity index (χ0v) is 13.4. The molecule has 0 amide bonds. The van der Waals surface area contributed by atoms with Crippen LogP contribution in [0.15, 0.2) is 0 Å². The van der Waals surface area contributed by atoms with Gasteiger partial charge in [-0.15, -0.1) is 0 Å². The Morgan fingerprint density at radius 1 is 1.05 bits per heavy atom. The molecule has 2 aliphatic carbocycles. The zero-order chi connectivity index (χ0) is 13.5. The van der Waals surface area contributed by atoms with Gasteiger partial charge in [-0.05, 0) is 51.0 Å². The van der Waals surface area contributed by atoms with E-state index < -0.39 is 10.8 Å². The van der Waals surface area contributed by atoms with Crippen molar-refractivity contribution >= 4 is 10.8 Å². The molecule has 3 atom stereocenters. The van der Waals surface area contributed by atoms with E-state index in [0.29, 0.717) is 11.3 Å². The Kier molecular flexibility index (Phi) is 6.86. The third kappa shape index (κ3) is 4.86. The minimum Gasteiger partial charge on any atom is -0.314 e. The van der Waals surface area contributed by atoms with E-state index in [0.717, 1.165) is 18.2 Å². The molecule has 0 bridgehead atoms. The van der Waals surface area contributed by atoms with Crippen molar-refractivity contribution in [3.05, 3.63) is 0 Å². The van der Waals surface area contributed by atoms with Gasteiger partial charge in [-0.1, -0.05) is 32.6 Å². The van der Waals surface area contributed by atoms with Gasteiger partial charge in [-0.2, -0.15) is 0 Å². The Hall–Kier alpha value is 0.110. The molecule has 3 unspecified atom stereocenters. The lowest BCUT2D eigenvalue weighted by Crippen LogP contribution is -2.34. The molecule has 0 saturated heterocycles. The monoisotopic (exact) mass is 285 g/mol. The van der Waals surface area contributed by atoms with Gasteiger partial charge in [-0.25, -0.2) is 0 Å². The average molecular weight is 285 g/mol. The van der Waals surface area contributed by atoms with Crippen LogP contribution in [0.25, 0.3) is 0 Å². The molecule has 0 aromatic carbocycles. The number of hydrogen-bond acceptors (Lipinski definition) is 2. The van der Waals surface area contributed by atoms with Crippen molar-refractivity contribution in [1.29, 1.82) is 0 Å². The third-order valence-electron chi connectivity index (χ3n) is 4.93. The van der Waals surface area contributed by atoms with Crippen molar-refractivity contribution in [1.82, 2.24) is 5.32 Å². The summed E-state index contributed by atoms with van der Waals surface area (Å²) in [5, 5.41) is 4.21. The van der Waals surface area contributed by atoms with E-state index in [2.05, 4.69) is 12.2 Å². The van der Waals surface area contributed by atoms with Crippen LogP contribution in [-0.4, -0.2) is 27.8 Å². The Morgan fingerprint density at radius 3 is 2.58 bits per heavy atom. The van der Waals surface area contributed by atoms with Gasteiger partial charge in [0.05, 0.1) is 0 Å². The molecule has 3 heteroatoms. The second-order valence-electron chi connectivity index (χ2n) is 6.39. The van der Waals surface area contributed by atoms with Crippen LogP contribution in [0.1, 0.15) is 71.1 Å². The summed E-state index contributed by atoms with van der Waals surface area (Å²) in [6.45, 7) is 3.38. The Balaban J connectivity index is 1.69. The van der Waals surface area contributed by atoms with Gasteiger partial charge in [0.15, 0.2) is 0 Å². The van der Waals surface area contributed by atoms with Crippen molar-refractivity contribution < 1.29 is 4.21 Å². The van der Waals surface area contributed by atoms with Crippen LogP contribution >= 0.6 is 0 Å². The summed E-state index contributed by atoms with van der Waals surface area (Å²) in [5.74, 6) is 1.75. The van der Waals surface area contributed by atoms with Gasteiger partial charge in [0.2, 0.25) is 0 Å². The predicted molar refractivity (Wildman–Crippen MR) is 83.9 cm³/mol. The van der Waals surface area contributed by atoms with Gasteiger partial charge in [0.1, 0.15) is 0 Å².